The highest BCUT2D eigenvalue weighted by atomic mass is 16.5. The van der Waals surface area contributed by atoms with E-state index < -0.39 is 17.7 Å². The van der Waals surface area contributed by atoms with Gasteiger partial charge in [0.1, 0.15) is 11.5 Å². The number of anilines is 1. The third kappa shape index (κ3) is 5.05. The molecule has 0 aliphatic carbocycles. The maximum absolute atomic E-state index is 13.1. The Morgan fingerprint density at radius 1 is 1.00 bits per heavy atom. The summed E-state index contributed by atoms with van der Waals surface area (Å²) in [4.78, 5) is 29.8. The number of likely N-dealkylation sites (tertiary alicyclic amines) is 1. The summed E-state index contributed by atoms with van der Waals surface area (Å²) < 4.78 is 5.68. The van der Waals surface area contributed by atoms with E-state index in [0.29, 0.717) is 30.9 Å². The number of hydrogen-bond donors (Lipinski definition) is 1. The van der Waals surface area contributed by atoms with Crippen LogP contribution in [0.25, 0.3) is 5.76 Å². The molecule has 0 radical (unpaired) electrons. The molecule has 1 saturated heterocycles. The fourth-order valence-corrected chi connectivity index (χ4v) is 4.26. The van der Waals surface area contributed by atoms with Crippen molar-refractivity contribution in [2.45, 2.75) is 46.6 Å². The molecule has 0 spiro atoms. The number of nitrogens with zero attached hydrogens (tertiary/aromatic N) is 2. The maximum Gasteiger partial charge on any atom is 0.295 e. The molecular formula is C27H34N2O4. The third-order valence-electron chi connectivity index (χ3n) is 5.92. The van der Waals surface area contributed by atoms with Crippen LogP contribution in [0.4, 0.5) is 5.69 Å². The molecule has 1 atom stereocenters. The largest absolute Gasteiger partial charge is 0.507 e. The van der Waals surface area contributed by atoms with E-state index in [0.717, 1.165) is 30.8 Å². The lowest BCUT2D eigenvalue weighted by Crippen LogP contribution is -2.30. The van der Waals surface area contributed by atoms with Gasteiger partial charge in [-0.05, 0) is 56.5 Å². The smallest absolute Gasteiger partial charge is 0.295 e. The number of benzene rings is 2. The number of hydrogen-bond acceptors (Lipinski definition) is 5. The molecule has 1 fully saturated rings. The Bertz CT molecular complexity index is 1010. The molecule has 1 heterocycles. The first-order chi connectivity index (χ1) is 16.0. The second-order valence-electron chi connectivity index (χ2n) is 8.13. The third-order valence-corrected chi connectivity index (χ3v) is 5.92. The molecule has 1 unspecified atom stereocenters. The van der Waals surface area contributed by atoms with Crippen LogP contribution in [-0.2, 0) is 9.59 Å². The molecule has 2 aromatic rings. The van der Waals surface area contributed by atoms with Crippen LogP contribution in [0.15, 0.2) is 54.1 Å². The van der Waals surface area contributed by atoms with Crippen molar-refractivity contribution >= 4 is 23.1 Å². The molecule has 3 rings (SSSR count). The van der Waals surface area contributed by atoms with Crippen LogP contribution in [-0.4, -0.2) is 47.9 Å². The zero-order valence-electron chi connectivity index (χ0n) is 20.0. The summed E-state index contributed by atoms with van der Waals surface area (Å²) in [5, 5.41) is 11.2. The number of rotatable bonds is 10. The van der Waals surface area contributed by atoms with Crippen molar-refractivity contribution in [3.63, 3.8) is 0 Å². The Morgan fingerprint density at radius 3 is 2.30 bits per heavy atom. The highest BCUT2D eigenvalue weighted by Crippen LogP contribution is 2.40. The molecule has 0 saturated carbocycles. The predicted octanol–water partition coefficient (Wildman–Crippen LogP) is 5.15. The number of carbonyl (C=O) groups is 2. The predicted molar refractivity (Wildman–Crippen MR) is 132 cm³/mol. The van der Waals surface area contributed by atoms with E-state index in [1.54, 1.807) is 23.1 Å². The van der Waals surface area contributed by atoms with Gasteiger partial charge < -0.3 is 19.6 Å². The number of aliphatic hydroxyl groups is 1. The molecule has 0 bridgehead atoms. The number of carbonyl (C=O) groups excluding carboxylic acids is 2. The van der Waals surface area contributed by atoms with Gasteiger partial charge in [0.15, 0.2) is 0 Å². The summed E-state index contributed by atoms with van der Waals surface area (Å²) in [5.41, 5.74) is 2.47. The Balaban J connectivity index is 2.08. The molecule has 1 N–H and O–H groups in total. The highest BCUT2D eigenvalue weighted by molar-refractivity contribution is 6.46. The van der Waals surface area contributed by atoms with Gasteiger partial charge in [0.05, 0.1) is 18.2 Å². The van der Waals surface area contributed by atoms with E-state index in [9.17, 15) is 14.7 Å². The number of ether oxygens (including phenoxy) is 1. The van der Waals surface area contributed by atoms with Crippen molar-refractivity contribution in [3.8, 4) is 5.75 Å². The average molecular weight is 451 g/mol. The minimum atomic E-state index is -0.654. The summed E-state index contributed by atoms with van der Waals surface area (Å²) in [6, 6.07) is 14.3. The van der Waals surface area contributed by atoms with Crippen LogP contribution in [0.1, 0.15) is 57.7 Å². The molecule has 2 aromatic carbocycles. The van der Waals surface area contributed by atoms with Crippen LogP contribution in [0, 0.1) is 0 Å². The number of Topliss-reactive ketones (excluding diaryl/α,β-unsaturated/α-hetero) is 1. The van der Waals surface area contributed by atoms with Crippen LogP contribution in [0.5, 0.6) is 5.75 Å². The Labute approximate surface area is 196 Å². The highest BCUT2D eigenvalue weighted by Gasteiger charge is 2.45. The van der Waals surface area contributed by atoms with Crippen LogP contribution in [0.3, 0.4) is 0 Å². The standard InChI is InChI=1S/C27H34N2O4/c1-5-16-29-24(19-12-14-21(15-13-19)28(7-3)8-4)23(26(31)27(29)32)25(30)20-10-9-11-22(18-20)33-17-6-2/h9-15,18,24,30H,5-8,16-17H2,1-4H3/b25-23-. The van der Waals surface area contributed by atoms with Crippen LogP contribution < -0.4 is 9.64 Å². The lowest BCUT2D eigenvalue weighted by molar-refractivity contribution is -0.139. The molecule has 33 heavy (non-hydrogen) atoms. The van der Waals surface area contributed by atoms with Crippen molar-refractivity contribution in [1.82, 2.24) is 4.90 Å². The average Bonchev–Trinajstić information content (AvgIpc) is 3.09. The number of ketones is 1. The second-order valence-corrected chi connectivity index (χ2v) is 8.13. The van der Waals surface area contributed by atoms with E-state index in [1.165, 1.54) is 0 Å². The molecule has 6 heteroatoms. The minimum Gasteiger partial charge on any atom is -0.507 e. The molecule has 1 aliphatic rings. The first-order valence-electron chi connectivity index (χ1n) is 11.8. The van der Waals surface area contributed by atoms with Gasteiger partial charge in [-0.3, -0.25) is 9.59 Å². The maximum atomic E-state index is 13.1. The summed E-state index contributed by atoms with van der Waals surface area (Å²) in [7, 11) is 0. The van der Waals surface area contributed by atoms with Crippen molar-refractivity contribution in [1.29, 1.82) is 0 Å². The van der Waals surface area contributed by atoms with Crippen LogP contribution >= 0.6 is 0 Å². The van der Waals surface area contributed by atoms with Gasteiger partial charge in [0.25, 0.3) is 11.7 Å². The molecule has 0 aromatic heterocycles. The number of amides is 1. The lowest BCUT2D eigenvalue weighted by atomic mass is 9.95. The van der Waals surface area contributed by atoms with Crippen molar-refractivity contribution in [2.24, 2.45) is 0 Å². The normalized spacial score (nSPS) is 17.5. The summed E-state index contributed by atoms with van der Waals surface area (Å²) in [6.45, 7) is 11.0. The van der Waals surface area contributed by atoms with Crippen molar-refractivity contribution < 1.29 is 19.4 Å². The summed E-state index contributed by atoms with van der Waals surface area (Å²) >= 11 is 0. The minimum absolute atomic E-state index is 0.122. The SMILES string of the molecule is CCCOc1cccc(/C(O)=C2/C(=O)C(=O)N(CCC)C2c2ccc(N(CC)CC)cc2)c1. The van der Waals surface area contributed by atoms with E-state index in [1.807, 2.05) is 44.2 Å². The Hall–Kier alpha value is -3.28. The quantitative estimate of drug-likeness (QED) is 0.308. The van der Waals surface area contributed by atoms with Gasteiger partial charge in [-0.1, -0.05) is 38.1 Å². The van der Waals surface area contributed by atoms with Gasteiger partial charge in [-0.15, -0.1) is 0 Å². The molecule has 6 nitrogen and oxygen atoms in total. The van der Waals surface area contributed by atoms with Gasteiger partial charge in [0, 0.05) is 30.9 Å². The number of aliphatic hydroxyl groups excluding tert-OH is 1. The zero-order chi connectivity index (χ0) is 24.0. The first kappa shape index (κ1) is 24.4. The Morgan fingerprint density at radius 2 is 1.70 bits per heavy atom. The fourth-order valence-electron chi connectivity index (χ4n) is 4.26. The fraction of sp³-hybridized carbons (Fsp3) is 0.407. The van der Waals surface area contributed by atoms with E-state index in [2.05, 4.69) is 18.7 Å². The van der Waals surface area contributed by atoms with E-state index >= 15 is 0 Å². The van der Waals surface area contributed by atoms with E-state index in [-0.39, 0.29) is 11.3 Å². The van der Waals surface area contributed by atoms with Gasteiger partial charge in [-0.2, -0.15) is 0 Å². The van der Waals surface area contributed by atoms with Gasteiger partial charge in [0.2, 0.25) is 0 Å². The van der Waals surface area contributed by atoms with E-state index in [4.69, 9.17) is 4.74 Å². The second kappa shape index (κ2) is 11.0. The van der Waals surface area contributed by atoms with Crippen molar-refractivity contribution in [3.05, 3.63) is 65.2 Å². The Kier molecular flexibility index (Phi) is 8.15. The van der Waals surface area contributed by atoms with Gasteiger partial charge >= 0.3 is 0 Å². The van der Waals surface area contributed by atoms with Gasteiger partial charge in [-0.25, -0.2) is 0 Å². The lowest BCUT2D eigenvalue weighted by Gasteiger charge is -2.26. The zero-order valence-corrected chi connectivity index (χ0v) is 20.0. The monoisotopic (exact) mass is 450 g/mol. The molecular weight excluding hydrogens is 416 g/mol. The summed E-state index contributed by atoms with van der Waals surface area (Å²) in [6.07, 6.45) is 1.57. The molecule has 176 valence electrons. The van der Waals surface area contributed by atoms with Crippen LogP contribution in [0.2, 0.25) is 0 Å². The summed E-state index contributed by atoms with van der Waals surface area (Å²) in [5.74, 6) is -0.788. The van der Waals surface area contributed by atoms with Crippen molar-refractivity contribution in [2.75, 3.05) is 31.1 Å². The molecule has 1 aliphatic heterocycles. The molecule has 1 amide bonds. The first-order valence-corrected chi connectivity index (χ1v) is 11.8. The topological polar surface area (TPSA) is 70.1 Å².